The largest absolute Gasteiger partial charge is 0.339 e. The first-order chi connectivity index (χ1) is 12.0. The summed E-state index contributed by atoms with van der Waals surface area (Å²) in [5, 5.41) is 2.66. The van der Waals surface area contributed by atoms with Gasteiger partial charge in [0.25, 0.3) is 11.8 Å². The van der Waals surface area contributed by atoms with Gasteiger partial charge in [-0.3, -0.25) is 14.6 Å². The lowest BCUT2D eigenvalue weighted by Gasteiger charge is -2.21. The van der Waals surface area contributed by atoms with Crippen LogP contribution in [-0.2, 0) is 0 Å². The fraction of sp³-hybridized carbons (Fsp3) is 0.316. The molecule has 0 aliphatic rings. The van der Waals surface area contributed by atoms with Gasteiger partial charge in [0.05, 0.1) is 11.1 Å². The highest BCUT2D eigenvalue weighted by molar-refractivity contribution is 6.05. The summed E-state index contributed by atoms with van der Waals surface area (Å²) in [5.41, 5.74) is 1.14. The second kappa shape index (κ2) is 8.92. The second-order valence-corrected chi connectivity index (χ2v) is 5.72. The van der Waals surface area contributed by atoms with Crippen LogP contribution in [0.2, 0.25) is 0 Å². The third kappa shape index (κ3) is 5.11. The number of rotatable bonds is 7. The van der Waals surface area contributed by atoms with E-state index in [-0.39, 0.29) is 17.3 Å². The summed E-state index contributed by atoms with van der Waals surface area (Å²) in [6.07, 6.45) is 4.60. The maximum Gasteiger partial charge on any atom is 0.257 e. The minimum Gasteiger partial charge on any atom is -0.339 e. The Balaban J connectivity index is 2.15. The summed E-state index contributed by atoms with van der Waals surface area (Å²) >= 11 is 0. The van der Waals surface area contributed by atoms with E-state index in [1.807, 2.05) is 13.8 Å². The van der Waals surface area contributed by atoms with Crippen LogP contribution in [0.25, 0.3) is 0 Å². The van der Waals surface area contributed by atoms with Crippen molar-refractivity contribution in [2.75, 3.05) is 18.4 Å². The highest BCUT2D eigenvalue weighted by Crippen LogP contribution is 2.12. The summed E-state index contributed by atoms with van der Waals surface area (Å²) in [4.78, 5) is 30.7. The van der Waals surface area contributed by atoms with Gasteiger partial charge in [0.1, 0.15) is 5.82 Å². The molecule has 0 unspecified atom stereocenters. The lowest BCUT2D eigenvalue weighted by molar-refractivity contribution is 0.0755. The van der Waals surface area contributed by atoms with Crippen molar-refractivity contribution in [3.8, 4) is 0 Å². The highest BCUT2D eigenvalue weighted by Gasteiger charge is 2.16. The minimum absolute atomic E-state index is 0.132. The smallest absolute Gasteiger partial charge is 0.257 e. The van der Waals surface area contributed by atoms with Crippen molar-refractivity contribution in [3.05, 3.63) is 59.7 Å². The van der Waals surface area contributed by atoms with E-state index in [0.29, 0.717) is 24.3 Å². The molecule has 0 saturated heterocycles. The Labute approximate surface area is 146 Å². The van der Waals surface area contributed by atoms with Gasteiger partial charge in [-0.2, -0.15) is 0 Å². The normalized spacial score (nSPS) is 10.4. The minimum atomic E-state index is -0.397. The predicted molar refractivity (Wildman–Crippen MR) is 95.1 cm³/mol. The molecule has 132 valence electrons. The van der Waals surface area contributed by atoms with Crippen molar-refractivity contribution < 1.29 is 14.0 Å². The number of hydrogen-bond donors (Lipinski definition) is 1. The Morgan fingerprint density at radius 3 is 2.24 bits per heavy atom. The van der Waals surface area contributed by atoms with Crippen LogP contribution in [0.5, 0.6) is 0 Å². The summed E-state index contributed by atoms with van der Waals surface area (Å²) in [6.45, 7) is 5.36. The van der Waals surface area contributed by atoms with Gasteiger partial charge in [-0.1, -0.05) is 13.8 Å². The van der Waals surface area contributed by atoms with Crippen LogP contribution in [-0.4, -0.2) is 34.8 Å². The number of anilines is 1. The highest BCUT2D eigenvalue weighted by atomic mass is 19.1. The molecule has 0 aliphatic heterocycles. The molecule has 2 aromatic rings. The number of hydrogen-bond acceptors (Lipinski definition) is 3. The summed E-state index contributed by atoms with van der Waals surface area (Å²) < 4.78 is 12.9. The lowest BCUT2D eigenvalue weighted by atomic mass is 10.1. The molecule has 0 atom stereocenters. The number of carbonyl (C=O) groups excluding carboxylic acids is 2. The van der Waals surface area contributed by atoms with E-state index in [4.69, 9.17) is 0 Å². The molecule has 25 heavy (non-hydrogen) atoms. The molecule has 1 aromatic heterocycles. The molecule has 1 N–H and O–H groups in total. The standard InChI is InChI=1S/C19H22FN3O2/c1-3-9-23(10-4-2)19(25)15-11-14(12-21-13-15)18(24)22-17-7-5-16(20)6-8-17/h5-8,11-13H,3-4,9-10H2,1-2H3,(H,22,24). The number of amides is 2. The lowest BCUT2D eigenvalue weighted by Crippen LogP contribution is -2.32. The molecule has 1 aromatic carbocycles. The Morgan fingerprint density at radius 1 is 1.04 bits per heavy atom. The van der Waals surface area contributed by atoms with Gasteiger partial charge < -0.3 is 10.2 Å². The van der Waals surface area contributed by atoms with Crippen molar-refractivity contribution in [3.63, 3.8) is 0 Å². The van der Waals surface area contributed by atoms with Crippen LogP contribution in [0.4, 0.5) is 10.1 Å². The number of pyridine rings is 1. The number of halogens is 1. The van der Waals surface area contributed by atoms with Crippen LogP contribution in [0.1, 0.15) is 47.4 Å². The molecule has 0 saturated carbocycles. The number of nitrogens with zero attached hydrogens (tertiary/aromatic N) is 2. The molecular weight excluding hydrogens is 321 g/mol. The van der Waals surface area contributed by atoms with Crippen LogP contribution >= 0.6 is 0 Å². The van der Waals surface area contributed by atoms with Gasteiger partial charge in [-0.05, 0) is 43.2 Å². The first-order valence-electron chi connectivity index (χ1n) is 8.36. The van der Waals surface area contributed by atoms with E-state index >= 15 is 0 Å². The maximum absolute atomic E-state index is 12.9. The van der Waals surface area contributed by atoms with Crippen molar-refractivity contribution in [1.82, 2.24) is 9.88 Å². The molecular formula is C19H22FN3O2. The Kier molecular flexibility index (Phi) is 6.62. The molecule has 0 radical (unpaired) electrons. The number of benzene rings is 1. The van der Waals surface area contributed by atoms with Gasteiger partial charge in [0.15, 0.2) is 0 Å². The third-order valence-corrected chi connectivity index (χ3v) is 3.62. The fourth-order valence-electron chi connectivity index (χ4n) is 2.45. The molecule has 0 fully saturated rings. The first kappa shape index (κ1) is 18.6. The molecule has 0 bridgehead atoms. The maximum atomic E-state index is 12.9. The first-order valence-corrected chi connectivity index (χ1v) is 8.36. The summed E-state index contributed by atoms with van der Waals surface area (Å²) in [7, 11) is 0. The topological polar surface area (TPSA) is 62.3 Å². The number of nitrogens with one attached hydrogen (secondary N) is 1. The molecule has 2 rings (SSSR count). The van der Waals surface area contributed by atoms with E-state index in [9.17, 15) is 14.0 Å². The molecule has 0 spiro atoms. The molecule has 5 nitrogen and oxygen atoms in total. The van der Waals surface area contributed by atoms with E-state index in [2.05, 4.69) is 10.3 Å². The second-order valence-electron chi connectivity index (χ2n) is 5.72. The monoisotopic (exact) mass is 343 g/mol. The van der Waals surface area contributed by atoms with E-state index in [0.717, 1.165) is 12.8 Å². The van der Waals surface area contributed by atoms with Gasteiger partial charge in [0.2, 0.25) is 0 Å². The molecule has 1 heterocycles. The Hall–Kier alpha value is -2.76. The average molecular weight is 343 g/mol. The van der Waals surface area contributed by atoms with Gasteiger partial charge in [0, 0.05) is 31.2 Å². The zero-order valence-electron chi connectivity index (χ0n) is 14.5. The average Bonchev–Trinajstić information content (AvgIpc) is 2.63. The molecule has 0 aliphatic carbocycles. The van der Waals surface area contributed by atoms with Crippen molar-refractivity contribution in [1.29, 1.82) is 0 Å². The Bertz CT molecular complexity index is 726. The summed E-state index contributed by atoms with van der Waals surface area (Å²) in [5.74, 6) is -0.905. The van der Waals surface area contributed by atoms with Crippen LogP contribution in [0, 0.1) is 5.82 Å². The van der Waals surface area contributed by atoms with Crippen molar-refractivity contribution in [2.45, 2.75) is 26.7 Å². The quantitative estimate of drug-likeness (QED) is 0.833. The number of aromatic nitrogens is 1. The van der Waals surface area contributed by atoms with Gasteiger partial charge in [-0.25, -0.2) is 4.39 Å². The van der Waals surface area contributed by atoms with Crippen LogP contribution < -0.4 is 5.32 Å². The Morgan fingerprint density at radius 2 is 1.64 bits per heavy atom. The SMILES string of the molecule is CCCN(CCC)C(=O)c1cncc(C(=O)Nc2ccc(F)cc2)c1. The zero-order chi connectivity index (χ0) is 18.2. The van der Waals surface area contributed by atoms with Crippen molar-refractivity contribution >= 4 is 17.5 Å². The van der Waals surface area contributed by atoms with E-state index in [1.165, 1.54) is 42.7 Å². The predicted octanol–water partition coefficient (Wildman–Crippen LogP) is 3.74. The third-order valence-electron chi connectivity index (χ3n) is 3.62. The fourth-order valence-corrected chi connectivity index (χ4v) is 2.45. The summed E-state index contributed by atoms with van der Waals surface area (Å²) in [6, 6.07) is 7.01. The van der Waals surface area contributed by atoms with E-state index in [1.54, 1.807) is 4.90 Å². The van der Waals surface area contributed by atoms with Crippen LogP contribution in [0.3, 0.4) is 0 Å². The molecule has 2 amide bonds. The van der Waals surface area contributed by atoms with E-state index < -0.39 is 5.91 Å². The van der Waals surface area contributed by atoms with Gasteiger partial charge in [-0.15, -0.1) is 0 Å². The molecule has 6 heteroatoms. The zero-order valence-corrected chi connectivity index (χ0v) is 14.5. The van der Waals surface area contributed by atoms with Crippen LogP contribution in [0.15, 0.2) is 42.7 Å². The van der Waals surface area contributed by atoms with Gasteiger partial charge >= 0.3 is 0 Å². The van der Waals surface area contributed by atoms with Crippen molar-refractivity contribution in [2.24, 2.45) is 0 Å². The number of carbonyl (C=O) groups is 2.